The summed E-state index contributed by atoms with van der Waals surface area (Å²) in [7, 11) is 1.82. The maximum atomic E-state index is 13.1. The summed E-state index contributed by atoms with van der Waals surface area (Å²) in [6.07, 6.45) is 4.53. The first-order chi connectivity index (χ1) is 9.28. The summed E-state index contributed by atoms with van der Waals surface area (Å²) in [5.74, 6) is -0.129. The summed E-state index contributed by atoms with van der Waals surface area (Å²) in [6, 6.07) is 2.99. The highest BCUT2D eigenvalue weighted by Gasteiger charge is 2.35. The number of hydrogen-bond acceptors (Lipinski definition) is 2. The SMILES string of the molecule is CC1CC(N(C)C(=O)c2ccnc(F)c2)CC(C)(C)C1. The maximum absolute atomic E-state index is 13.1. The van der Waals surface area contributed by atoms with Crippen LogP contribution in [0.5, 0.6) is 0 Å². The van der Waals surface area contributed by atoms with Crippen molar-refractivity contribution in [2.75, 3.05) is 7.05 Å². The lowest BCUT2D eigenvalue weighted by atomic mass is 9.70. The monoisotopic (exact) mass is 278 g/mol. The van der Waals surface area contributed by atoms with Crippen LogP contribution in [0, 0.1) is 17.3 Å². The van der Waals surface area contributed by atoms with Crippen molar-refractivity contribution < 1.29 is 9.18 Å². The van der Waals surface area contributed by atoms with Crippen molar-refractivity contribution in [1.29, 1.82) is 0 Å². The predicted molar refractivity (Wildman–Crippen MR) is 76.9 cm³/mol. The number of amides is 1. The third-order valence-electron chi connectivity index (χ3n) is 4.21. The van der Waals surface area contributed by atoms with Crippen molar-refractivity contribution in [3.63, 3.8) is 0 Å². The van der Waals surface area contributed by atoms with Gasteiger partial charge in [-0.1, -0.05) is 20.8 Å². The molecule has 0 bridgehead atoms. The fourth-order valence-corrected chi connectivity index (χ4v) is 3.50. The van der Waals surface area contributed by atoms with E-state index in [9.17, 15) is 9.18 Å². The molecule has 4 heteroatoms. The lowest BCUT2D eigenvalue weighted by Gasteiger charge is -2.42. The van der Waals surface area contributed by atoms with Crippen LogP contribution in [0.15, 0.2) is 18.3 Å². The molecule has 1 heterocycles. The summed E-state index contributed by atoms with van der Waals surface area (Å²) in [5, 5.41) is 0. The molecule has 1 aromatic heterocycles. The van der Waals surface area contributed by atoms with Crippen LogP contribution in [0.1, 0.15) is 50.4 Å². The quantitative estimate of drug-likeness (QED) is 0.776. The smallest absolute Gasteiger partial charge is 0.254 e. The molecule has 1 saturated carbocycles. The first-order valence-corrected chi connectivity index (χ1v) is 7.17. The van der Waals surface area contributed by atoms with Crippen molar-refractivity contribution in [1.82, 2.24) is 9.88 Å². The van der Waals surface area contributed by atoms with E-state index in [1.165, 1.54) is 18.7 Å². The molecule has 0 spiro atoms. The van der Waals surface area contributed by atoms with Crippen LogP contribution in [0.2, 0.25) is 0 Å². The van der Waals surface area contributed by atoms with Crippen LogP contribution in [0.4, 0.5) is 4.39 Å². The summed E-state index contributed by atoms with van der Waals surface area (Å²) in [6.45, 7) is 6.73. The Labute approximate surface area is 120 Å². The lowest BCUT2D eigenvalue weighted by Crippen LogP contribution is -2.44. The van der Waals surface area contributed by atoms with Crippen LogP contribution < -0.4 is 0 Å². The highest BCUT2D eigenvalue weighted by molar-refractivity contribution is 5.94. The second-order valence-corrected chi connectivity index (χ2v) is 6.85. The fraction of sp³-hybridized carbons (Fsp3) is 0.625. The van der Waals surface area contributed by atoms with Crippen LogP contribution in [0.3, 0.4) is 0 Å². The van der Waals surface area contributed by atoms with Gasteiger partial charge in [0.05, 0.1) is 0 Å². The van der Waals surface area contributed by atoms with Crippen molar-refractivity contribution in [2.24, 2.45) is 11.3 Å². The van der Waals surface area contributed by atoms with Gasteiger partial charge in [-0.05, 0) is 36.7 Å². The predicted octanol–water partition coefficient (Wildman–Crippen LogP) is 3.51. The maximum Gasteiger partial charge on any atom is 0.254 e. The van der Waals surface area contributed by atoms with Gasteiger partial charge >= 0.3 is 0 Å². The molecule has 1 amide bonds. The minimum Gasteiger partial charge on any atom is -0.339 e. The minimum atomic E-state index is -0.610. The van der Waals surface area contributed by atoms with E-state index in [2.05, 4.69) is 25.8 Å². The van der Waals surface area contributed by atoms with E-state index in [1.54, 1.807) is 11.0 Å². The number of halogens is 1. The van der Waals surface area contributed by atoms with Gasteiger partial charge in [0.2, 0.25) is 5.95 Å². The molecule has 3 nitrogen and oxygen atoms in total. The summed E-state index contributed by atoms with van der Waals surface area (Å²) < 4.78 is 13.1. The van der Waals surface area contributed by atoms with Gasteiger partial charge in [-0.3, -0.25) is 4.79 Å². The largest absolute Gasteiger partial charge is 0.339 e. The Hall–Kier alpha value is -1.45. The van der Waals surface area contributed by atoms with Crippen LogP contribution in [-0.4, -0.2) is 28.9 Å². The lowest BCUT2D eigenvalue weighted by molar-refractivity contribution is 0.0528. The van der Waals surface area contributed by atoms with Crippen molar-refractivity contribution in [3.8, 4) is 0 Å². The van der Waals surface area contributed by atoms with Gasteiger partial charge in [-0.15, -0.1) is 0 Å². The topological polar surface area (TPSA) is 33.2 Å². The van der Waals surface area contributed by atoms with Gasteiger partial charge in [-0.25, -0.2) is 4.98 Å². The van der Waals surface area contributed by atoms with Crippen LogP contribution in [0.25, 0.3) is 0 Å². The molecule has 0 radical (unpaired) electrons. The number of hydrogen-bond donors (Lipinski definition) is 0. The first kappa shape index (κ1) is 14.9. The van der Waals surface area contributed by atoms with E-state index < -0.39 is 5.95 Å². The molecular weight excluding hydrogens is 255 g/mol. The van der Waals surface area contributed by atoms with Crippen LogP contribution >= 0.6 is 0 Å². The molecule has 20 heavy (non-hydrogen) atoms. The van der Waals surface area contributed by atoms with Crippen molar-refractivity contribution >= 4 is 5.91 Å². The number of rotatable bonds is 2. The van der Waals surface area contributed by atoms with Gasteiger partial charge < -0.3 is 4.90 Å². The van der Waals surface area contributed by atoms with E-state index in [1.807, 2.05) is 7.05 Å². The molecule has 2 atom stereocenters. The number of nitrogens with zero attached hydrogens (tertiary/aromatic N) is 2. The molecule has 110 valence electrons. The Balaban J connectivity index is 2.14. The molecule has 0 aromatic carbocycles. The van der Waals surface area contributed by atoms with Gasteiger partial charge in [0.1, 0.15) is 0 Å². The molecular formula is C16H23FN2O. The number of pyridine rings is 1. The van der Waals surface area contributed by atoms with E-state index in [0.29, 0.717) is 11.5 Å². The second kappa shape index (κ2) is 5.51. The zero-order valence-corrected chi connectivity index (χ0v) is 12.7. The van der Waals surface area contributed by atoms with Crippen molar-refractivity contribution in [2.45, 2.75) is 46.1 Å². The Kier molecular flexibility index (Phi) is 4.11. The van der Waals surface area contributed by atoms with Crippen molar-refractivity contribution in [3.05, 3.63) is 29.8 Å². The molecule has 1 aliphatic carbocycles. The first-order valence-electron chi connectivity index (χ1n) is 7.17. The average Bonchev–Trinajstić information content (AvgIpc) is 2.34. The summed E-state index contributed by atoms with van der Waals surface area (Å²) in [4.78, 5) is 17.7. The zero-order chi connectivity index (χ0) is 14.9. The van der Waals surface area contributed by atoms with Gasteiger partial charge in [-0.2, -0.15) is 4.39 Å². The molecule has 0 aliphatic heterocycles. The third kappa shape index (κ3) is 3.35. The summed E-state index contributed by atoms with van der Waals surface area (Å²) in [5.41, 5.74) is 0.622. The Morgan fingerprint density at radius 1 is 1.45 bits per heavy atom. The minimum absolute atomic E-state index is 0.124. The van der Waals surface area contributed by atoms with E-state index in [0.717, 1.165) is 12.8 Å². The van der Waals surface area contributed by atoms with Gasteiger partial charge in [0.15, 0.2) is 0 Å². The molecule has 1 aromatic rings. The number of aromatic nitrogens is 1. The van der Waals surface area contributed by atoms with Crippen LogP contribution in [-0.2, 0) is 0 Å². The molecule has 0 saturated heterocycles. The molecule has 2 rings (SSSR count). The van der Waals surface area contributed by atoms with Gasteiger partial charge in [0.25, 0.3) is 5.91 Å². The second-order valence-electron chi connectivity index (χ2n) is 6.85. The Morgan fingerprint density at radius 3 is 2.75 bits per heavy atom. The fourth-order valence-electron chi connectivity index (χ4n) is 3.50. The molecule has 1 aliphatic rings. The molecule has 1 fully saturated rings. The zero-order valence-electron chi connectivity index (χ0n) is 12.7. The van der Waals surface area contributed by atoms with E-state index in [4.69, 9.17) is 0 Å². The number of carbonyl (C=O) groups is 1. The number of carbonyl (C=O) groups excluding carboxylic acids is 1. The highest BCUT2D eigenvalue weighted by atomic mass is 19.1. The molecule has 2 unspecified atom stereocenters. The van der Waals surface area contributed by atoms with Gasteiger partial charge in [0, 0.05) is 30.9 Å². The third-order valence-corrected chi connectivity index (χ3v) is 4.21. The Bertz CT molecular complexity index is 501. The Morgan fingerprint density at radius 2 is 2.15 bits per heavy atom. The van der Waals surface area contributed by atoms with E-state index in [-0.39, 0.29) is 17.4 Å². The highest BCUT2D eigenvalue weighted by Crippen LogP contribution is 2.40. The molecule has 0 N–H and O–H groups in total. The average molecular weight is 278 g/mol. The standard InChI is InChI=1S/C16H23FN2O/c1-11-7-13(10-16(2,3)9-11)19(4)15(20)12-5-6-18-14(17)8-12/h5-6,8,11,13H,7,9-10H2,1-4H3. The normalized spacial score (nSPS) is 25.2. The summed E-state index contributed by atoms with van der Waals surface area (Å²) >= 11 is 0. The van der Waals surface area contributed by atoms with E-state index >= 15 is 0 Å².